The second-order valence-electron chi connectivity index (χ2n) is 6.61. The second kappa shape index (κ2) is 9.89. The molecule has 3 heterocycles. The summed E-state index contributed by atoms with van der Waals surface area (Å²) < 4.78 is 6.69. The largest absolute Gasteiger partial charge is 0.375 e. The minimum Gasteiger partial charge on any atom is -0.375 e. The van der Waals surface area contributed by atoms with Crippen molar-refractivity contribution in [3.63, 3.8) is 0 Å². The third-order valence-corrected chi connectivity index (χ3v) is 5.52. The van der Waals surface area contributed by atoms with Crippen molar-refractivity contribution in [1.29, 1.82) is 0 Å². The summed E-state index contributed by atoms with van der Waals surface area (Å²) in [6.07, 6.45) is 6.61. The number of thioether (sulfide) groups is 1. The van der Waals surface area contributed by atoms with Crippen LogP contribution in [0, 0.1) is 0 Å². The molecule has 0 radical (unpaired) electrons. The van der Waals surface area contributed by atoms with Crippen LogP contribution in [0.15, 0.2) is 11.4 Å². The highest BCUT2D eigenvalue weighted by Crippen LogP contribution is 2.29. The van der Waals surface area contributed by atoms with E-state index >= 15 is 0 Å². The molecule has 9 heteroatoms. The zero-order valence-electron chi connectivity index (χ0n) is 16.1. The molecule has 1 saturated heterocycles. The molecule has 1 fully saturated rings. The van der Waals surface area contributed by atoms with Crippen molar-refractivity contribution in [2.75, 3.05) is 44.0 Å². The fraction of sp³-hybridized carbons (Fsp3) is 0.667. The lowest BCUT2D eigenvalue weighted by molar-refractivity contribution is -0.124. The maximum absolute atomic E-state index is 11.6. The van der Waals surface area contributed by atoms with E-state index in [2.05, 4.69) is 22.2 Å². The number of methoxy groups -OCH3 is 1. The van der Waals surface area contributed by atoms with Crippen molar-refractivity contribution >= 4 is 34.5 Å². The minimum absolute atomic E-state index is 0.0684. The Morgan fingerprint density at radius 3 is 2.85 bits per heavy atom. The Morgan fingerprint density at radius 1 is 1.30 bits per heavy atom. The number of fused-ring (bicyclic) bond motifs is 1. The molecule has 0 aliphatic carbocycles. The molecule has 0 saturated carbocycles. The van der Waals surface area contributed by atoms with E-state index in [-0.39, 0.29) is 12.5 Å². The normalized spacial score (nSPS) is 14.7. The van der Waals surface area contributed by atoms with Crippen LogP contribution in [0.1, 0.15) is 32.6 Å². The Kier molecular flexibility index (Phi) is 7.28. The molecule has 1 aliphatic heterocycles. The number of piperidine rings is 1. The SMILES string of the molecule is CCCSc1nc(N2CCCCC2)c2cnn(CCNC(=O)COC)c2n1. The van der Waals surface area contributed by atoms with Gasteiger partial charge in [-0.25, -0.2) is 14.6 Å². The van der Waals surface area contributed by atoms with Gasteiger partial charge < -0.3 is 15.0 Å². The van der Waals surface area contributed by atoms with Gasteiger partial charge in [-0.2, -0.15) is 5.10 Å². The molecule has 2 aromatic rings. The second-order valence-corrected chi connectivity index (χ2v) is 7.68. The third kappa shape index (κ3) is 5.10. The summed E-state index contributed by atoms with van der Waals surface area (Å²) in [7, 11) is 1.51. The molecule has 0 bridgehead atoms. The lowest BCUT2D eigenvalue weighted by Crippen LogP contribution is -2.31. The fourth-order valence-electron chi connectivity index (χ4n) is 3.17. The Morgan fingerprint density at radius 2 is 2.11 bits per heavy atom. The molecule has 0 unspecified atom stereocenters. The first-order chi connectivity index (χ1) is 13.2. The third-order valence-electron chi connectivity index (χ3n) is 4.47. The molecule has 0 atom stereocenters. The van der Waals surface area contributed by atoms with Crippen LogP contribution >= 0.6 is 11.8 Å². The number of aromatic nitrogens is 4. The zero-order valence-corrected chi connectivity index (χ0v) is 16.9. The van der Waals surface area contributed by atoms with Crippen LogP contribution in [0.5, 0.6) is 0 Å². The summed E-state index contributed by atoms with van der Waals surface area (Å²) in [6.45, 7) is 5.33. The maximum atomic E-state index is 11.6. The van der Waals surface area contributed by atoms with Crippen molar-refractivity contribution in [2.45, 2.75) is 44.3 Å². The molecule has 8 nitrogen and oxygen atoms in total. The van der Waals surface area contributed by atoms with Gasteiger partial charge in [0.2, 0.25) is 5.91 Å². The first-order valence-corrected chi connectivity index (χ1v) is 10.6. The first kappa shape index (κ1) is 19.9. The Balaban J connectivity index is 1.83. The highest BCUT2D eigenvalue weighted by atomic mass is 32.2. The Bertz CT molecular complexity index is 760. The lowest BCUT2D eigenvalue weighted by atomic mass is 10.1. The number of carbonyl (C=O) groups excluding carboxylic acids is 1. The summed E-state index contributed by atoms with van der Waals surface area (Å²) in [5.74, 6) is 1.86. The van der Waals surface area contributed by atoms with Gasteiger partial charge in [-0.1, -0.05) is 18.7 Å². The zero-order chi connectivity index (χ0) is 19.1. The predicted molar refractivity (Wildman–Crippen MR) is 107 cm³/mol. The first-order valence-electron chi connectivity index (χ1n) is 9.60. The predicted octanol–water partition coefficient (Wildman–Crippen LogP) is 2.08. The summed E-state index contributed by atoms with van der Waals surface area (Å²) in [6, 6.07) is 0. The van der Waals surface area contributed by atoms with Crippen LogP contribution in [-0.4, -0.2) is 64.8 Å². The lowest BCUT2D eigenvalue weighted by Gasteiger charge is -2.28. The average molecular weight is 393 g/mol. The van der Waals surface area contributed by atoms with E-state index < -0.39 is 0 Å². The molecular weight excluding hydrogens is 364 g/mol. The van der Waals surface area contributed by atoms with Crippen LogP contribution in [0.4, 0.5) is 5.82 Å². The molecule has 0 aromatic carbocycles. The van der Waals surface area contributed by atoms with Crippen LogP contribution < -0.4 is 10.2 Å². The van der Waals surface area contributed by atoms with Crippen molar-refractivity contribution < 1.29 is 9.53 Å². The Labute approximate surface area is 164 Å². The molecule has 27 heavy (non-hydrogen) atoms. The number of ether oxygens (including phenoxy) is 1. The summed E-state index contributed by atoms with van der Waals surface area (Å²) in [4.78, 5) is 23.5. The number of hydrogen-bond acceptors (Lipinski definition) is 7. The number of hydrogen-bond donors (Lipinski definition) is 1. The number of nitrogens with one attached hydrogen (secondary N) is 1. The van der Waals surface area contributed by atoms with Crippen LogP contribution in [0.25, 0.3) is 11.0 Å². The van der Waals surface area contributed by atoms with Crippen LogP contribution in [0.2, 0.25) is 0 Å². The van der Waals surface area contributed by atoms with Crippen LogP contribution in [-0.2, 0) is 16.1 Å². The van der Waals surface area contributed by atoms with E-state index in [4.69, 9.17) is 14.7 Å². The molecular formula is C18H28N6O2S. The topological polar surface area (TPSA) is 85.2 Å². The van der Waals surface area contributed by atoms with Gasteiger partial charge in [0.25, 0.3) is 0 Å². The highest BCUT2D eigenvalue weighted by molar-refractivity contribution is 7.99. The molecule has 1 N–H and O–H groups in total. The number of amides is 1. The number of nitrogens with zero attached hydrogens (tertiary/aromatic N) is 5. The van der Waals surface area contributed by atoms with Crippen molar-refractivity contribution in [1.82, 2.24) is 25.1 Å². The van der Waals surface area contributed by atoms with E-state index in [9.17, 15) is 4.79 Å². The fourth-order valence-corrected chi connectivity index (χ4v) is 3.86. The molecule has 148 valence electrons. The highest BCUT2D eigenvalue weighted by Gasteiger charge is 2.20. The maximum Gasteiger partial charge on any atom is 0.246 e. The van der Waals surface area contributed by atoms with Gasteiger partial charge in [0.1, 0.15) is 12.4 Å². The summed E-state index contributed by atoms with van der Waals surface area (Å²) in [5, 5.41) is 9.13. The molecule has 3 rings (SSSR count). The van der Waals surface area contributed by atoms with E-state index in [1.807, 2.05) is 10.9 Å². The monoisotopic (exact) mass is 392 g/mol. The van der Waals surface area contributed by atoms with Crippen molar-refractivity contribution in [2.24, 2.45) is 0 Å². The molecule has 0 spiro atoms. The standard InChI is InChI=1S/C18H28N6O2S/c1-3-11-27-18-21-16(23-8-5-4-6-9-23)14-12-20-24(17(14)22-18)10-7-19-15(25)13-26-2/h12H,3-11,13H2,1-2H3,(H,19,25). The van der Waals surface area contributed by atoms with Gasteiger partial charge >= 0.3 is 0 Å². The van der Waals surface area contributed by atoms with Gasteiger partial charge in [0.15, 0.2) is 10.8 Å². The van der Waals surface area contributed by atoms with E-state index in [0.717, 1.165) is 47.3 Å². The smallest absolute Gasteiger partial charge is 0.246 e. The number of anilines is 1. The summed E-state index contributed by atoms with van der Waals surface area (Å²) in [5.41, 5.74) is 0.838. The Hall–Kier alpha value is -1.87. The van der Waals surface area contributed by atoms with Gasteiger partial charge in [-0.05, 0) is 25.7 Å². The molecule has 1 aliphatic rings. The average Bonchev–Trinajstić information content (AvgIpc) is 3.09. The van der Waals surface area contributed by atoms with E-state index in [1.165, 1.54) is 26.4 Å². The van der Waals surface area contributed by atoms with Crippen LogP contribution in [0.3, 0.4) is 0 Å². The van der Waals surface area contributed by atoms with E-state index in [0.29, 0.717) is 13.1 Å². The van der Waals surface area contributed by atoms with Crippen molar-refractivity contribution in [3.8, 4) is 0 Å². The van der Waals surface area contributed by atoms with Gasteiger partial charge in [-0.3, -0.25) is 4.79 Å². The van der Waals surface area contributed by atoms with E-state index in [1.54, 1.807) is 11.8 Å². The van der Waals surface area contributed by atoms with Crippen molar-refractivity contribution in [3.05, 3.63) is 6.20 Å². The van der Waals surface area contributed by atoms with Gasteiger partial charge in [0.05, 0.1) is 18.1 Å². The number of rotatable bonds is 9. The minimum atomic E-state index is -0.128. The van der Waals surface area contributed by atoms with Gasteiger partial charge in [0, 0.05) is 32.5 Å². The molecule has 2 aromatic heterocycles. The summed E-state index contributed by atoms with van der Waals surface area (Å²) >= 11 is 1.68. The number of carbonyl (C=O) groups is 1. The van der Waals surface area contributed by atoms with Gasteiger partial charge in [-0.15, -0.1) is 0 Å². The molecule has 1 amide bonds. The quantitative estimate of drug-likeness (QED) is 0.516.